The zero-order valence-electron chi connectivity index (χ0n) is 11.7. The van der Waals surface area contributed by atoms with Gasteiger partial charge in [0, 0.05) is 17.2 Å². The van der Waals surface area contributed by atoms with Gasteiger partial charge in [-0.1, -0.05) is 24.3 Å². The number of nitrogens with zero attached hydrogens (tertiary/aromatic N) is 1. The number of hydrogen-bond donors (Lipinski definition) is 2. The van der Waals surface area contributed by atoms with E-state index in [1.165, 1.54) is 25.1 Å². The molecule has 0 aromatic heterocycles. The molecule has 0 aliphatic carbocycles. The highest BCUT2D eigenvalue weighted by atomic mass is 16.6. The Morgan fingerprint density at radius 3 is 2.23 bits per heavy atom. The highest BCUT2D eigenvalue weighted by molar-refractivity contribution is 6.00. The summed E-state index contributed by atoms with van der Waals surface area (Å²) in [4.78, 5) is 34.1. The first-order valence-corrected chi connectivity index (χ1v) is 6.40. The first-order valence-electron chi connectivity index (χ1n) is 6.40. The summed E-state index contributed by atoms with van der Waals surface area (Å²) >= 11 is 0. The lowest BCUT2D eigenvalue weighted by Gasteiger charge is -2.09. The van der Waals surface area contributed by atoms with Crippen LogP contribution in [0.25, 0.3) is 0 Å². The van der Waals surface area contributed by atoms with E-state index in [0.29, 0.717) is 5.56 Å². The highest BCUT2D eigenvalue weighted by Crippen LogP contribution is 2.20. The van der Waals surface area contributed by atoms with Crippen molar-refractivity contribution < 1.29 is 14.5 Å². The molecule has 0 saturated carbocycles. The summed E-state index contributed by atoms with van der Waals surface area (Å²) in [5, 5.41) is 10.9. The molecule has 2 rings (SSSR count). The first-order chi connectivity index (χ1) is 10.5. The van der Waals surface area contributed by atoms with E-state index in [1.807, 2.05) is 0 Å². The zero-order valence-corrected chi connectivity index (χ0v) is 11.7. The molecule has 2 amide bonds. The molecule has 0 aliphatic heterocycles. The number of nitro benzene ring substituents is 1. The van der Waals surface area contributed by atoms with Crippen molar-refractivity contribution in [2.75, 3.05) is 0 Å². The molecule has 0 radical (unpaired) electrons. The van der Waals surface area contributed by atoms with Crippen molar-refractivity contribution >= 4 is 17.5 Å². The number of rotatable bonds is 3. The van der Waals surface area contributed by atoms with Gasteiger partial charge < -0.3 is 0 Å². The van der Waals surface area contributed by atoms with Crippen LogP contribution in [0.3, 0.4) is 0 Å². The number of nitro groups is 1. The number of hydrogen-bond acceptors (Lipinski definition) is 4. The molecule has 0 heterocycles. The highest BCUT2D eigenvalue weighted by Gasteiger charge is 2.18. The predicted molar refractivity (Wildman–Crippen MR) is 79.2 cm³/mol. The van der Waals surface area contributed by atoms with Crippen LogP contribution in [0.5, 0.6) is 0 Å². The normalized spacial score (nSPS) is 9.86. The maximum atomic E-state index is 12.0. The third-order valence-electron chi connectivity index (χ3n) is 3.07. The third kappa shape index (κ3) is 3.26. The molecule has 0 spiro atoms. The number of nitrogens with one attached hydrogen (secondary N) is 2. The van der Waals surface area contributed by atoms with Gasteiger partial charge in [-0.2, -0.15) is 0 Å². The quantitative estimate of drug-likeness (QED) is 0.668. The lowest BCUT2D eigenvalue weighted by atomic mass is 10.1. The molecule has 7 heteroatoms. The Morgan fingerprint density at radius 2 is 1.59 bits per heavy atom. The fourth-order valence-corrected chi connectivity index (χ4v) is 1.91. The van der Waals surface area contributed by atoms with Crippen LogP contribution in [0.15, 0.2) is 48.5 Å². The number of hydrazine groups is 1. The summed E-state index contributed by atoms with van der Waals surface area (Å²) in [6.07, 6.45) is 0. The third-order valence-corrected chi connectivity index (χ3v) is 3.07. The second-order valence-corrected chi connectivity index (χ2v) is 4.48. The molecule has 22 heavy (non-hydrogen) atoms. The fourth-order valence-electron chi connectivity index (χ4n) is 1.91. The molecule has 0 fully saturated rings. The van der Waals surface area contributed by atoms with E-state index < -0.39 is 16.7 Å². The average molecular weight is 299 g/mol. The van der Waals surface area contributed by atoms with E-state index in [0.717, 1.165) is 0 Å². The van der Waals surface area contributed by atoms with Gasteiger partial charge in [-0.15, -0.1) is 0 Å². The Balaban J connectivity index is 2.09. The lowest BCUT2D eigenvalue weighted by Crippen LogP contribution is -2.41. The second kappa shape index (κ2) is 6.49. The smallest absolute Gasteiger partial charge is 0.267 e. The number of carbonyl (C=O) groups is 2. The molecular weight excluding hydrogens is 286 g/mol. The number of carbonyl (C=O) groups excluding carboxylic acids is 2. The molecule has 0 saturated heterocycles. The largest absolute Gasteiger partial charge is 0.273 e. The minimum atomic E-state index is -0.620. The Morgan fingerprint density at radius 1 is 0.955 bits per heavy atom. The number of benzene rings is 2. The van der Waals surface area contributed by atoms with E-state index >= 15 is 0 Å². The lowest BCUT2D eigenvalue weighted by molar-refractivity contribution is -0.385. The van der Waals surface area contributed by atoms with Crippen LogP contribution in [0.4, 0.5) is 5.69 Å². The van der Waals surface area contributed by atoms with Gasteiger partial charge in [0.2, 0.25) is 0 Å². The van der Waals surface area contributed by atoms with E-state index in [-0.39, 0.29) is 16.8 Å². The van der Waals surface area contributed by atoms with Gasteiger partial charge in [-0.25, -0.2) is 0 Å². The van der Waals surface area contributed by atoms with E-state index in [4.69, 9.17) is 0 Å². The van der Waals surface area contributed by atoms with Crippen molar-refractivity contribution in [1.82, 2.24) is 10.9 Å². The summed E-state index contributed by atoms with van der Waals surface area (Å²) in [5.41, 5.74) is 5.11. The predicted octanol–water partition coefficient (Wildman–Crippen LogP) is 1.98. The van der Waals surface area contributed by atoms with E-state index in [1.54, 1.807) is 30.3 Å². The van der Waals surface area contributed by atoms with E-state index in [9.17, 15) is 19.7 Å². The summed E-state index contributed by atoms with van der Waals surface area (Å²) in [6, 6.07) is 12.5. The van der Waals surface area contributed by atoms with Gasteiger partial charge in [-0.05, 0) is 25.1 Å². The van der Waals surface area contributed by atoms with Crippen LogP contribution in [0, 0.1) is 17.0 Å². The maximum absolute atomic E-state index is 12.0. The maximum Gasteiger partial charge on any atom is 0.273 e. The number of amides is 2. The van der Waals surface area contributed by atoms with Gasteiger partial charge >= 0.3 is 0 Å². The molecule has 0 aliphatic rings. The summed E-state index contributed by atoms with van der Waals surface area (Å²) in [7, 11) is 0. The average Bonchev–Trinajstić information content (AvgIpc) is 2.53. The van der Waals surface area contributed by atoms with Crippen molar-refractivity contribution in [2.24, 2.45) is 0 Å². The molecule has 2 aromatic rings. The topological polar surface area (TPSA) is 101 Å². The van der Waals surface area contributed by atoms with Crippen molar-refractivity contribution in [3.8, 4) is 0 Å². The molecule has 0 unspecified atom stereocenters. The summed E-state index contributed by atoms with van der Waals surface area (Å²) in [6.45, 7) is 1.48. The Labute approximate surface area is 126 Å². The second-order valence-electron chi connectivity index (χ2n) is 4.48. The van der Waals surface area contributed by atoms with Crippen LogP contribution in [0.2, 0.25) is 0 Å². The van der Waals surface area contributed by atoms with Crippen LogP contribution in [0.1, 0.15) is 26.3 Å². The minimum Gasteiger partial charge on any atom is -0.267 e. The molecule has 2 aromatic carbocycles. The molecule has 0 bridgehead atoms. The van der Waals surface area contributed by atoms with Crippen LogP contribution in [-0.2, 0) is 0 Å². The summed E-state index contributed by atoms with van der Waals surface area (Å²) in [5.74, 6) is -1.09. The van der Waals surface area contributed by atoms with Crippen LogP contribution >= 0.6 is 0 Å². The zero-order chi connectivity index (χ0) is 16.1. The summed E-state index contributed by atoms with van der Waals surface area (Å²) < 4.78 is 0. The van der Waals surface area contributed by atoms with Gasteiger partial charge in [0.25, 0.3) is 17.5 Å². The van der Waals surface area contributed by atoms with Crippen LogP contribution < -0.4 is 10.9 Å². The van der Waals surface area contributed by atoms with Gasteiger partial charge in [0.15, 0.2) is 0 Å². The monoisotopic (exact) mass is 299 g/mol. The van der Waals surface area contributed by atoms with Gasteiger partial charge in [0.1, 0.15) is 0 Å². The molecule has 7 nitrogen and oxygen atoms in total. The van der Waals surface area contributed by atoms with Crippen molar-refractivity contribution in [2.45, 2.75) is 6.92 Å². The Hall–Kier alpha value is -3.22. The Bertz CT molecular complexity index is 729. The Kier molecular flexibility index (Phi) is 4.47. The van der Waals surface area contributed by atoms with Gasteiger partial charge in [0.05, 0.1) is 10.5 Å². The molecular formula is C15H13N3O4. The van der Waals surface area contributed by atoms with Crippen molar-refractivity contribution in [1.29, 1.82) is 0 Å². The van der Waals surface area contributed by atoms with E-state index in [2.05, 4.69) is 10.9 Å². The van der Waals surface area contributed by atoms with Crippen molar-refractivity contribution in [3.05, 3.63) is 75.3 Å². The first kappa shape index (κ1) is 15.2. The van der Waals surface area contributed by atoms with Crippen LogP contribution in [-0.4, -0.2) is 16.7 Å². The fraction of sp³-hybridized carbons (Fsp3) is 0.0667. The SMILES string of the molecule is Cc1c(C(=O)NNC(=O)c2ccccc2)cccc1[N+](=O)[O-]. The standard InChI is InChI=1S/C15H13N3O4/c1-10-12(8-5-9-13(10)18(21)22)15(20)17-16-14(19)11-6-3-2-4-7-11/h2-9H,1H3,(H,16,19)(H,17,20). The molecule has 0 atom stereocenters. The minimum absolute atomic E-state index is 0.127. The van der Waals surface area contributed by atoms with Gasteiger partial charge in [-0.3, -0.25) is 30.6 Å². The molecule has 2 N–H and O–H groups in total. The van der Waals surface area contributed by atoms with Crippen molar-refractivity contribution in [3.63, 3.8) is 0 Å². The molecule has 112 valence electrons.